The molecule has 0 radical (unpaired) electrons. The van der Waals surface area contributed by atoms with Gasteiger partial charge in [0.25, 0.3) is 0 Å². The molecule has 6 heteroatoms. The molecule has 0 fully saturated rings. The van der Waals surface area contributed by atoms with Gasteiger partial charge in [0.1, 0.15) is 5.82 Å². The van der Waals surface area contributed by atoms with E-state index < -0.39 is 6.10 Å². The lowest BCUT2D eigenvalue weighted by Gasteiger charge is -2.11. The maximum absolute atomic E-state index is 13.4. The Morgan fingerprint density at radius 2 is 2.18 bits per heavy atom. The number of thioether (sulfide) groups is 1. The molecule has 22 heavy (non-hydrogen) atoms. The van der Waals surface area contributed by atoms with Crippen LogP contribution in [0.4, 0.5) is 4.39 Å². The van der Waals surface area contributed by atoms with Gasteiger partial charge in [-0.1, -0.05) is 18.2 Å². The first-order valence-corrected chi connectivity index (χ1v) is 7.66. The zero-order valence-corrected chi connectivity index (χ0v) is 12.6. The molecule has 0 spiro atoms. The largest absolute Gasteiger partial charge is 0.390 e. The van der Waals surface area contributed by atoms with Gasteiger partial charge in [-0.2, -0.15) is 5.26 Å². The van der Waals surface area contributed by atoms with Gasteiger partial charge >= 0.3 is 0 Å². The number of hydrogen-bond acceptors (Lipinski definition) is 5. The Labute approximate surface area is 132 Å². The van der Waals surface area contributed by atoms with Crippen molar-refractivity contribution in [2.75, 3.05) is 12.4 Å². The number of halogens is 1. The molecule has 0 bridgehead atoms. The molecule has 0 aliphatic carbocycles. The van der Waals surface area contributed by atoms with Crippen molar-refractivity contribution >= 4 is 11.8 Å². The van der Waals surface area contributed by atoms with E-state index in [-0.39, 0.29) is 19.0 Å². The molecule has 1 unspecified atom stereocenters. The molecule has 0 saturated heterocycles. The first-order chi connectivity index (χ1) is 10.7. The Kier molecular flexibility index (Phi) is 6.34. The highest BCUT2D eigenvalue weighted by atomic mass is 32.2. The van der Waals surface area contributed by atoms with Crippen molar-refractivity contribution in [1.29, 1.82) is 5.26 Å². The van der Waals surface area contributed by atoms with Gasteiger partial charge in [0.15, 0.2) is 0 Å². The van der Waals surface area contributed by atoms with E-state index in [1.54, 1.807) is 36.5 Å². The van der Waals surface area contributed by atoms with Crippen LogP contribution in [0.1, 0.15) is 11.1 Å². The van der Waals surface area contributed by atoms with E-state index in [4.69, 9.17) is 10.00 Å². The van der Waals surface area contributed by atoms with E-state index in [2.05, 4.69) is 4.98 Å². The van der Waals surface area contributed by atoms with Crippen molar-refractivity contribution in [3.05, 3.63) is 59.5 Å². The fraction of sp³-hybridized carbons (Fsp3) is 0.250. The number of aromatic nitrogens is 1. The molecule has 1 aromatic heterocycles. The molecule has 1 atom stereocenters. The Hall–Kier alpha value is -1.94. The van der Waals surface area contributed by atoms with Gasteiger partial charge in [0, 0.05) is 17.5 Å². The molecule has 0 aliphatic heterocycles. The molecular weight excluding hydrogens is 303 g/mol. The zero-order chi connectivity index (χ0) is 15.8. The number of ether oxygens (including phenoxy) is 1. The molecule has 1 aromatic carbocycles. The number of nitrogens with zero attached hydrogens (tertiary/aromatic N) is 2. The van der Waals surface area contributed by atoms with Crippen molar-refractivity contribution in [1.82, 2.24) is 4.98 Å². The van der Waals surface area contributed by atoms with Gasteiger partial charge in [-0.05, 0) is 18.2 Å². The third-order valence-corrected chi connectivity index (χ3v) is 3.88. The Morgan fingerprint density at radius 3 is 2.95 bits per heavy atom. The van der Waals surface area contributed by atoms with Crippen LogP contribution >= 0.6 is 11.8 Å². The number of aliphatic hydroxyl groups is 1. The van der Waals surface area contributed by atoms with Gasteiger partial charge in [0.2, 0.25) is 0 Å². The van der Waals surface area contributed by atoms with Crippen LogP contribution in [0.3, 0.4) is 0 Å². The van der Waals surface area contributed by atoms with Crippen LogP contribution in [0.2, 0.25) is 0 Å². The summed E-state index contributed by atoms with van der Waals surface area (Å²) in [4.78, 5) is 4.11. The average molecular weight is 318 g/mol. The SMILES string of the molecule is N#Cc1ccnc(SCC(O)COCc2ccccc2F)c1. The van der Waals surface area contributed by atoms with Gasteiger partial charge in [0.05, 0.1) is 36.0 Å². The van der Waals surface area contributed by atoms with E-state index >= 15 is 0 Å². The second kappa shape index (κ2) is 8.49. The fourth-order valence-electron chi connectivity index (χ4n) is 1.71. The molecule has 2 rings (SSSR count). The minimum atomic E-state index is -0.690. The van der Waals surface area contributed by atoms with Crippen LogP contribution in [-0.4, -0.2) is 28.6 Å². The van der Waals surface area contributed by atoms with Gasteiger partial charge in [-0.3, -0.25) is 0 Å². The summed E-state index contributed by atoms with van der Waals surface area (Å²) >= 11 is 1.34. The molecule has 0 saturated carbocycles. The van der Waals surface area contributed by atoms with Gasteiger partial charge in [-0.25, -0.2) is 9.37 Å². The fourth-order valence-corrected chi connectivity index (χ4v) is 2.51. The molecule has 114 valence electrons. The molecule has 0 aliphatic rings. The van der Waals surface area contributed by atoms with Crippen molar-refractivity contribution in [2.45, 2.75) is 17.7 Å². The third-order valence-electron chi connectivity index (χ3n) is 2.81. The highest BCUT2D eigenvalue weighted by Gasteiger charge is 2.08. The van der Waals surface area contributed by atoms with E-state index in [0.717, 1.165) is 0 Å². The van der Waals surface area contributed by atoms with Crippen LogP contribution in [0.25, 0.3) is 0 Å². The van der Waals surface area contributed by atoms with Crippen LogP contribution in [0.5, 0.6) is 0 Å². The molecule has 4 nitrogen and oxygen atoms in total. The summed E-state index contributed by atoms with van der Waals surface area (Å²) in [6, 6.07) is 11.7. The number of benzene rings is 1. The number of nitriles is 1. The zero-order valence-electron chi connectivity index (χ0n) is 11.8. The first kappa shape index (κ1) is 16.4. The molecule has 1 N–H and O–H groups in total. The minimum Gasteiger partial charge on any atom is -0.390 e. The Morgan fingerprint density at radius 1 is 1.36 bits per heavy atom. The maximum atomic E-state index is 13.4. The van der Waals surface area contributed by atoms with Crippen LogP contribution in [-0.2, 0) is 11.3 Å². The number of pyridine rings is 1. The summed E-state index contributed by atoms with van der Waals surface area (Å²) in [5.41, 5.74) is 0.994. The minimum absolute atomic E-state index is 0.110. The van der Waals surface area contributed by atoms with Gasteiger partial charge in [-0.15, -0.1) is 11.8 Å². The normalized spacial score (nSPS) is 11.9. The molecule has 2 aromatic rings. The van der Waals surface area contributed by atoms with E-state index in [9.17, 15) is 9.50 Å². The van der Waals surface area contributed by atoms with Crippen molar-refractivity contribution in [3.63, 3.8) is 0 Å². The monoisotopic (exact) mass is 318 g/mol. The average Bonchev–Trinajstić information content (AvgIpc) is 2.55. The standard InChI is InChI=1S/C16H15FN2O2S/c17-15-4-2-1-3-13(15)9-21-10-14(20)11-22-16-7-12(8-18)5-6-19-16/h1-7,14,20H,9-11H2. The predicted octanol–water partition coefficient (Wildman–Crippen LogP) is 2.76. The second-order valence-electron chi connectivity index (χ2n) is 4.57. The second-order valence-corrected chi connectivity index (χ2v) is 5.61. The van der Waals surface area contributed by atoms with E-state index in [0.29, 0.717) is 21.9 Å². The summed E-state index contributed by atoms with van der Waals surface area (Å²) in [6.07, 6.45) is 0.867. The summed E-state index contributed by atoms with van der Waals surface area (Å²) in [6.45, 7) is 0.232. The summed E-state index contributed by atoms with van der Waals surface area (Å²) in [5, 5.41) is 19.3. The third kappa shape index (κ3) is 5.11. The summed E-state index contributed by atoms with van der Waals surface area (Å²) in [5.74, 6) is 0.0722. The highest BCUT2D eigenvalue weighted by molar-refractivity contribution is 7.99. The summed E-state index contributed by atoms with van der Waals surface area (Å²) < 4.78 is 18.7. The molecule has 0 amide bonds. The van der Waals surface area contributed by atoms with Crippen molar-refractivity contribution in [3.8, 4) is 6.07 Å². The number of hydrogen-bond donors (Lipinski definition) is 1. The van der Waals surface area contributed by atoms with Gasteiger partial charge < -0.3 is 9.84 Å². The molecule has 1 heterocycles. The highest BCUT2D eigenvalue weighted by Crippen LogP contribution is 2.17. The van der Waals surface area contributed by atoms with Crippen molar-refractivity contribution < 1.29 is 14.2 Å². The lowest BCUT2D eigenvalue weighted by molar-refractivity contribution is 0.0387. The lowest BCUT2D eigenvalue weighted by Crippen LogP contribution is -2.18. The Balaban J connectivity index is 1.73. The number of aliphatic hydroxyl groups excluding tert-OH is 1. The lowest BCUT2D eigenvalue weighted by atomic mass is 10.2. The van der Waals surface area contributed by atoms with Crippen LogP contribution in [0, 0.1) is 17.1 Å². The number of rotatable bonds is 7. The topological polar surface area (TPSA) is 66.1 Å². The maximum Gasteiger partial charge on any atom is 0.128 e. The predicted molar refractivity (Wildman–Crippen MR) is 81.7 cm³/mol. The van der Waals surface area contributed by atoms with Crippen LogP contribution < -0.4 is 0 Å². The van der Waals surface area contributed by atoms with Crippen LogP contribution in [0.15, 0.2) is 47.6 Å². The van der Waals surface area contributed by atoms with E-state index in [1.807, 2.05) is 6.07 Å². The summed E-state index contributed by atoms with van der Waals surface area (Å²) in [7, 11) is 0. The van der Waals surface area contributed by atoms with E-state index in [1.165, 1.54) is 17.8 Å². The Bertz CT molecular complexity index is 661. The quantitative estimate of drug-likeness (QED) is 0.795. The molecular formula is C16H15FN2O2S. The first-order valence-electron chi connectivity index (χ1n) is 6.67. The smallest absolute Gasteiger partial charge is 0.128 e. The van der Waals surface area contributed by atoms with Crippen molar-refractivity contribution in [2.24, 2.45) is 0 Å².